The lowest BCUT2D eigenvalue weighted by Gasteiger charge is -2.17. The molecule has 0 atom stereocenters. The van der Waals surface area contributed by atoms with Gasteiger partial charge in [0, 0.05) is 69.3 Å². The SMILES string of the molecule is C1=CCCC(c2cc(-c3ccc4c(c3)oc3ccccc34)c3c(c2)c2cc(-c4ccccc4)cc(-c4ccc5c(c4)oc4ccccc45)c2n3-c2ccc3c(c2)sc2ccccc23)=C1. The van der Waals surface area contributed by atoms with Crippen LogP contribution in [0.3, 0.4) is 0 Å². The van der Waals surface area contributed by atoms with Gasteiger partial charge < -0.3 is 13.4 Å². The summed E-state index contributed by atoms with van der Waals surface area (Å²) >= 11 is 1.86. The van der Waals surface area contributed by atoms with E-state index in [0.29, 0.717) is 0 Å². The number of aromatic nitrogens is 1. The minimum atomic E-state index is 0.880. The van der Waals surface area contributed by atoms with Crippen molar-refractivity contribution in [1.82, 2.24) is 4.57 Å². The van der Waals surface area contributed by atoms with E-state index in [0.717, 1.165) is 95.7 Å². The standard InChI is InChI=1S/C60H37NO2S/c1-3-13-36(14-4-1)40-29-49(38-23-26-45-43-17-7-10-20-53(43)62-55(45)33-38)59-51(31-40)52-32-41(37-15-5-2-6-16-37)30-50(39-24-27-46-44-18-8-11-21-54(44)63-56(46)34-39)60(52)61(59)42-25-28-48-47-19-9-12-22-57(47)64-58(48)35-42/h1-5,7-15,17-35H,6,16H2. The van der Waals surface area contributed by atoms with E-state index in [1.54, 1.807) is 0 Å². The molecule has 0 fully saturated rings. The number of para-hydroxylation sites is 2. The zero-order chi connectivity index (χ0) is 41.9. The molecule has 13 aromatic rings. The van der Waals surface area contributed by atoms with Gasteiger partial charge in [0.25, 0.3) is 0 Å². The van der Waals surface area contributed by atoms with Crippen molar-refractivity contribution < 1.29 is 8.83 Å². The van der Waals surface area contributed by atoms with Crippen LogP contribution in [0.4, 0.5) is 0 Å². The van der Waals surface area contributed by atoms with Crippen molar-refractivity contribution in [2.75, 3.05) is 0 Å². The molecule has 0 aliphatic heterocycles. The van der Waals surface area contributed by atoms with E-state index >= 15 is 0 Å². The van der Waals surface area contributed by atoms with E-state index < -0.39 is 0 Å². The third kappa shape index (κ3) is 5.39. The quantitative estimate of drug-likeness (QED) is 0.173. The lowest BCUT2D eigenvalue weighted by molar-refractivity contribution is 0.668. The number of hydrogen-bond donors (Lipinski definition) is 0. The molecule has 14 rings (SSSR count). The van der Waals surface area contributed by atoms with Crippen molar-refractivity contribution in [2.24, 2.45) is 0 Å². The van der Waals surface area contributed by atoms with Crippen molar-refractivity contribution in [3.05, 3.63) is 206 Å². The Hall–Kier alpha value is -7.92. The largest absolute Gasteiger partial charge is 0.456 e. The lowest BCUT2D eigenvalue weighted by Crippen LogP contribution is -1.98. The van der Waals surface area contributed by atoms with Crippen LogP contribution in [0.5, 0.6) is 0 Å². The fourth-order valence-electron chi connectivity index (χ4n) is 10.4. The van der Waals surface area contributed by atoms with Crippen LogP contribution >= 0.6 is 11.3 Å². The summed E-state index contributed by atoms with van der Waals surface area (Å²) in [7, 11) is 0. The Kier molecular flexibility index (Phi) is 7.68. The highest BCUT2D eigenvalue weighted by Gasteiger charge is 2.25. The van der Waals surface area contributed by atoms with E-state index in [-0.39, 0.29) is 0 Å². The van der Waals surface area contributed by atoms with E-state index in [4.69, 9.17) is 8.83 Å². The lowest BCUT2D eigenvalue weighted by atomic mass is 9.91. The van der Waals surface area contributed by atoms with E-state index in [9.17, 15) is 0 Å². The Balaban J connectivity index is 1.15. The maximum Gasteiger partial charge on any atom is 0.136 e. The summed E-state index contributed by atoms with van der Waals surface area (Å²) in [4.78, 5) is 0. The number of benzene rings is 9. The third-order valence-corrected chi connectivity index (χ3v) is 14.6. The van der Waals surface area contributed by atoms with Crippen LogP contribution in [0.2, 0.25) is 0 Å². The van der Waals surface area contributed by atoms with Crippen LogP contribution in [0.1, 0.15) is 18.4 Å². The molecule has 0 bridgehead atoms. The summed E-state index contributed by atoms with van der Waals surface area (Å²) in [5, 5.41) is 9.49. The van der Waals surface area contributed by atoms with Gasteiger partial charge >= 0.3 is 0 Å². The van der Waals surface area contributed by atoms with Gasteiger partial charge in [-0.2, -0.15) is 0 Å². The van der Waals surface area contributed by atoms with E-state index in [1.807, 2.05) is 23.5 Å². The highest BCUT2D eigenvalue weighted by molar-refractivity contribution is 7.25. The maximum atomic E-state index is 6.59. The van der Waals surface area contributed by atoms with Crippen molar-refractivity contribution in [1.29, 1.82) is 0 Å². The molecule has 0 unspecified atom stereocenters. The van der Waals surface area contributed by atoms with Gasteiger partial charge in [-0.15, -0.1) is 11.3 Å². The van der Waals surface area contributed by atoms with Crippen molar-refractivity contribution in [3.8, 4) is 39.1 Å². The number of fused-ring (bicyclic) bond motifs is 12. The zero-order valence-corrected chi connectivity index (χ0v) is 35.5. The average molecular weight is 836 g/mol. The van der Waals surface area contributed by atoms with Crippen LogP contribution in [0, 0.1) is 0 Å². The molecule has 3 nitrogen and oxygen atoms in total. The number of furan rings is 2. The first-order valence-electron chi connectivity index (χ1n) is 22.0. The Bertz CT molecular complexity index is 4130. The van der Waals surface area contributed by atoms with Crippen LogP contribution in [0.25, 0.3) is 130 Å². The minimum Gasteiger partial charge on any atom is -0.456 e. The fraction of sp³-hybridized carbons (Fsp3) is 0.0333. The number of thiophene rings is 1. The molecular weight excluding hydrogens is 799 g/mol. The van der Waals surface area contributed by atoms with Gasteiger partial charge in [0.1, 0.15) is 22.3 Å². The van der Waals surface area contributed by atoms with Crippen molar-refractivity contribution in [2.45, 2.75) is 12.8 Å². The summed E-state index contributed by atoms with van der Waals surface area (Å²) in [5.74, 6) is 0. The molecule has 0 N–H and O–H groups in total. The first kappa shape index (κ1) is 35.7. The van der Waals surface area contributed by atoms with Crippen LogP contribution in [-0.4, -0.2) is 4.57 Å². The second-order valence-corrected chi connectivity index (χ2v) is 18.2. The molecule has 300 valence electrons. The normalized spacial score (nSPS) is 13.2. The molecular formula is C60H37NO2S. The van der Waals surface area contributed by atoms with Gasteiger partial charge in [-0.3, -0.25) is 0 Å². The summed E-state index contributed by atoms with van der Waals surface area (Å²) in [6.07, 6.45) is 8.80. The number of hydrogen-bond acceptors (Lipinski definition) is 3. The second kappa shape index (κ2) is 13.8. The third-order valence-electron chi connectivity index (χ3n) is 13.4. The van der Waals surface area contributed by atoms with Crippen molar-refractivity contribution in [3.63, 3.8) is 0 Å². The monoisotopic (exact) mass is 835 g/mol. The predicted molar refractivity (Wildman–Crippen MR) is 271 cm³/mol. The molecule has 0 saturated carbocycles. The smallest absolute Gasteiger partial charge is 0.136 e. The summed E-state index contributed by atoms with van der Waals surface area (Å²) in [5.41, 5.74) is 16.5. The molecule has 4 aromatic heterocycles. The molecule has 9 aromatic carbocycles. The van der Waals surface area contributed by atoms with Crippen molar-refractivity contribution >= 4 is 103 Å². The fourth-order valence-corrected chi connectivity index (χ4v) is 11.6. The van der Waals surface area contributed by atoms with E-state index in [1.165, 1.54) is 53.2 Å². The predicted octanol–water partition coefficient (Wildman–Crippen LogP) is 17.7. The molecule has 0 saturated heterocycles. The van der Waals surface area contributed by atoms with Gasteiger partial charge in [0.15, 0.2) is 0 Å². The highest BCUT2D eigenvalue weighted by Crippen LogP contribution is 2.48. The minimum absolute atomic E-state index is 0.880. The van der Waals surface area contributed by atoms with Gasteiger partial charge in [0.05, 0.1) is 11.0 Å². The molecule has 64 heavy (non-hydrogen) atoms. The molecule has 4 heterocycles. The highest BCUT2D eigenvalue weighted by atomic mass is 32.1. The van der Waals surface area contributed by atoms with Gasteiger partial charge in [-0.25, -0.2) is 0 Å². The van der Waals surface area contributed by atoms with Crippen LogP contribution < -0.4 is 0 Å². The second-order valence-electron chi connectivity index (χ2n) is 17.1. The molecule has 0 amide bonds. The Labute approximate surface area is 372 Å². The van der Waals surface area contributed by atoms with Crippen LogP contribution in [-0.2, 0) is 0 Å². The molecule has 1 aliphatic carbocycles. The summed E-state index contributed by atoms with van der Waals surface area (Å²) in [6.45, 7) is 0. The average Bonchev–Trinajstić information content (AvgIpc) is 4.12. The van der Waals surface area contributed by atoms with Gasteiger partial charge in [0.2, 0.25) is 0 Å². The van der Waals surface area contributed by atoms with E-state index in [2.05, 4.69) is 193 Å². The molecule has 4 heteroatoms. The number of nitrogens with zero attached hydrogens (tertiary/aromatic N) is 1. The Morgan fingerprint density at radius 1 is 0.391 bits per heavy atom. The molecule has 0 radical (unpaired) electrons. The Morgan fingerprint density at radius 2 is 0.953 bits per heavy atom. The molecule has 1 aliphatic rings. The first-order chi connectivity index (χ1) is 31.7. The maximum absolute atomic E-state index is 6.59. The zero-order valence-electron chi connectivity index (χ0n) is 34.6. The topological polar surface area (TPSA) is 31.2 Å². The Morgan fingerprint density at radius 3 is 1.62 bits per heavy atom. The molecule has 0 spiro atoms. The number of allylic oxidation sites excluding steroid dienone is 4. The van der Waals surface area contributed by atoms with Gasteiger partial charge in [-0.1, -0.05) is 121 Å². The van der Waals surface area contributed by atoms with Crippen LogP contribution in [0.15, 0.2) is 209 Å². The summed E-state index contributed by atoms with van der Waals surface area (Å²) in [6, 6.07) is 66.6. The number of rotatable bonds is 5. The first-order valence-corrected chi connectivity index (χ1v) is 22.8. The van der Waals surface area contributed by atoms with Gasteiger partial charge in [-0.05, 0) is 125 Å². The summed E-state index contributed by atoms with van der Waals surface area (Å²) < 4.78 is 18.3.